The minimum Gasteiger partial charge on any atom is -0.298 e. The molecule has 0 spiro atoms. The average molecular weight is 202 g/mol. The van der Waals surface area contributed by atoms with Gasteiger partial charge in [0.05, 0.1) is 0 Å². The van der Waals surface area contributed by atoms with E-state index in [0.717, 1.165) is 35.5 Å². The highest BCUT2D eigenvalue weighted by atomic mass is 16.1. The maximum atomic E-state index is 10.6. The van der Waals surface area contributed by atoms with Gasteiger partial charge >= 0.3 is 0 Å². The van der Waals surface area contributed by atoms with Gasteiger partial charge in [-0.25, -0.2) is 0 Å². The summed E-state index contributed by atoms with van der Waals surface area (Å²) in [5, 5.41) is 0. The number of fused-ring (bicyclic) bond motifs is 5. The van der Waals surface area contributed by atoms with Crippen LogP contribution in [0.1, 0.15) is 26.2 Å². The van der Waals surface area contributed by atoms with Crippen molar-refractivity contribution in [3.63, 3.8) is 0 Å². The zero-order valence-electron chi connectivity index (χ0n) is 9.23. The second-order valence-electron chi connectivity index (χ2n) is 5.49. The molecule has 5 unspecified atom stereocenters. The number of allylic oxidation sites excluding steroid dienone is 4. The molecule has 15 heavy (non-hydrogen) atoms. The standard InChI is InChI=1S/C14H18O/c1-9(8-15)5-10-6-11-7-14(10)13-4-2-3-12(11)13/h2,4-5,8,10-14H,3,6-7H2,1H3. The van der Waals surface area contributed by atoms with E-state index in [1.54, 1.807) is 0 Å². The van der Waals surface area contributed by atoms with Crippen LogP contribution in [-0.2, 0) is 4.79 Å². The van der Waals surface area contributed by atoms with Crippen LogP contribution in [0.3, 0.4) is 0 Å². The van der Waals surface area contributed by atoms with E-state index >= 15 is 0 Å². The van der Waals surface area contributed by atoms with Crippen LogP contribution in [0.5, 0.6) is 0 Å². The largest absolute Gasteiger partial charge is 0.298 e. The molecular formula is C14H18O. The molecular weight excluding hydrogens is 184 g/mol. The van der Waals surface area contributed by atoms with E-state index in [0.29, 0.717) is 5.92 Å². The Balaban J connectivity index is 1.81. The normalized spacial score (nSPS) is 47.3. The van der Waals surface area contributed by atoms with Gasteiger partial charge < -0.3 is 0 Å². The van der Waals surface area contributed by atoms with Crippen LogP contribution in [0.15, 0.2) is 23.8 Å². The van der Waals surface area contributed by atoms with Crippen molar-refractivity contribution in [1.29, 1.82) is 0 Å². The first-order chi connectivity index (χ1) is 7.29. The Hall–Kier alpha value is -0.850. The molecule has 0 aliphatic heterocycles. The maximum absolute atomic E-state index is 10.6. The van der Waals surface area contributed by atoms with E-state index in [1.807, 2.05) is 6.92 Å². The lowest BCUT2D eigenvalue weighted by molar-refractivity contribution is -0.104. The third-order valence-electron chi connectivity index (χ3n) is 4.72. The summed E-state index contributed by atoms with van der Waals surface area (Å²) in [6, 6.07) is 0. The quantitative estimate of drug-likeness (QED) is 0.382. The molecule has 0 radical (unpaired) electrons. The molecule has 5 atom stereocenters. The first-order valence-corrected chi connectivity index (χ1v) is 6.10. The van der Waals surface area contributed by atoms with Crippen LogP contribution >= 0.6 is 0 Å². The maximum Gasteiger partial charge on any atom is 0.145 e. The molecule has 0 aromatic rings. The molecule has 3 aliphatic rings. The molecule has 0 heterocycles. The van der Waals surface area contributed by atoms with Gasteiger partial charge in [0, 0.05) is 0 Å². The van der Waals surface area contributed by atoms with Gasteiger partial charge in [-0.1, -0.05) is 18.2 Å². The van der Waals surface area contributed by atoms with Gasteiger partial charge in [-0.3, -0.25) is 4.79 Å². The predicted molar refractivity (Wildman–Crippen MR) is 60.3 cm³/mol. The predicted octanol–water partition coefficient (Wildman–Crippen LogP) is 2.98. The number of carbonyl (C=O) groups is 1. The molecule has 0 N–H and O–H groups in total. The van der Waals surface area contributed by atoms with Crippen molar-refractivity contribution in [2.24, 2.45) is 29.6 Å². The summed E-state index contributed by atoms with van der Waals surface area (Å²) in [6.45, 7) is 1.93. The van der Waals surface area contributed by atoms with Gasteiger partial charge in [-0.2, -0.15) is 0 Å². The lowest BCUT2D eigenvalue weighted by Crippen LogP contribution is -2.23. The van der Waals surface area contributed by atoms with E-state index in [1.165, 1.54) is 19.3 Å². The van der Waals surface area contributed by atoms with Crippen LogP contribution in [0.4, 0.5) is 0 Å². The van der Waals surface area contributed by atoms with Gasteiger partial charge in [0.2, 0.25) is 0 Å². The monoisotopic (exact) mass is 202 g/mol. The average Bonchev–Trinajstić information content (AvgIpc) is 2.87. The highest BCUT2D eigenvalue weighted by Gasteiger charge is 2.51. The molecule has 1 nitrogen and oxygen atoms in total. The van der Waals surface area contributed by atoms with Gasteiger partial charge in [0.25, 0.3) is 0 Å². The molecule has 1 heteroatoms. The number of rotatable bonds is 2. The van der Waals surface area contributed by atoms with Gasteiger partial charge in [-0.05, 0) is 61.3 Å². The molecule has 2 saturated carbocycles. The van der Waals surface area contributed by atoms with E-state index in [4.69, 9.17) is 0 Å². The van der Waals surface area contributed by atoms with Crippen molar-refractivity contribution < 1.29 is 4.79 Å². The summed E-state index contributed by atoms with van der Waals surface area (Å²) in [6.07, 6.45) is 12.1. The fourth-order valence-corrected chi connectivity index (χ4v) is 4.17. The van der Waals surface area contributed by atoms with Crippen LogP contribution in [-0.4, -0.2) is 6.29 Å². The molecule has 3 aliphatic carbocycles. The van der Waals surface area contributed by atoms with E-state index in [2.05, 4.69) is 18.2 Å². The first kappa shape index (κ1) is 9.38. The van der Waals surface area contributed by atoms with Crippen molar-refractivity contribution in [3.8, 4) is 0 Å². The Kier molecular flexibility index (Phi) is 2.08. The van der Waals surface area contributed by atoms with Gasteiger partial charge in [0.15, 0.2) is 0 Å². The fourth-order valence-electron chi connectivity index (χ4n) is 4.17. The Morgan fingerprint density at radius 2 is 2.20 bits per heavy atom. The lowest BCUT2D eigenvalue weighted by atomic mass is 9.75. The molecule has 2 bridgehead atoms. The molecule has 0 aromatic carbocycles. The summed E-state index contributed by atoms with van der Waals surface area (Å²) >= 11 is 0. The topological polar surface area (TPSA) is 17.1 Å². The fraction of sp³-hybridized carbons (Fsp3) is 0.643. The third-order valence-corrected chi connectivity index (χ3v) is 4.72. The smallest absolute Gasteiger partial charge is 0.145 e. The third kappa shape index (κ3) is 1.32. The second-order valence-corrected chi connectivity index (χ2v) is 5.49. The van der Waals surface area contributed by atoms with Crippen molar-refractivity contribution in [2.45, 2.75) is 26.2 Å². The van der Waals surface area contributed by atoms with Crippen LogP contribution in [0.2, 0.25) is 0 Å². The van der Waals surface area contributed by atoms with Crippen LogP contribution in [0, 0.1) is 29.6 Å². The summed E-state index contributed by atoms with van der Waals surface area (Å²) in [5.74, 6) is 4.26. The molecule has 2 fully saturated rings. The first-order valence-electron chi connectivity index (χ1n) is 6.10. The van der Waals surface area contributed by atoms with Gasteiger partial charge in [-0.15, -0.1) is 0 Å². The zero-order valence-corrected chi connectivity index (χ0v) is 9.23. The summed E-state index contributed by atoms with van der Waals surface area (Å²) in [4.78, 5) is 10.6. The zero-order chi connectivity index (χ0) is 10.4. The van der Waals surface area contributed by atoms with E-state index in [9.17, 15) is 4.79 Å². The Morgan fingerprint density at radius 1 is 1.33 bits per heavy atom. The number of carbonyl (C=O) groups excluding carboxylic acids is 1. The minimum atomic E-state index is 0.684. The summed E-state index contributed by atoms with van der Waals surface area (Å²) < 4.78 is 0. The van der Waals surface area contributed by atoms with Crippen LogP contribution < -0.4 is 0 Å². The Bertz CT molecular complexity index is 339. The molecule has 0 amide bonds. The molecule has 0 aromatic heterocycles. The second kappa shape index (κ2) is 3.33. The number of hydrogen-bond acceptors (Lipinski definition) is 1. The summed E-state index contributed by atoms with van der Waals surface area (Å²) in [5.41, 5.74) is 0.922. The van der Waals surface area contributed by atoms with Crippen molar-refractivity contribution in [2.75, 3.05) is 0 Å². The van der Waals surface area contributed by atoms with Crippen molar-refractivity contribution >= 4 is 6.29 Å². The summed E-state index contributed by atoms with van der Waals surface area (Å²) in [7, 11) is 0. The Labute approximate surface area is 91.2 Å². The number of hydrogen-bond donors (Lipinski definition) is 0. The van der Waals surface area contributed by atoms with E-state index < -0.39 is 0 Å². The molecule has 3 rings (SSSR count). The SMILES string of the molecule is CC(C=O)=CC1CC2CC1C1C=CCC21. The van der Waals surface area contributed by atoms with E-state index in [-0.39, 0.29) is 0 Å². The molecule has 0 saturated heterocycles. The highest BCUT2D eigenvalue weighted by Crippen LogP contribution is 2.59. The van der Waals surface area contributed by atoms with Crippen molar-refractivity contribution in [3.05, 3.63) is 23.8 Å². The van der Waals surface area contributed by atoms with Crippen molar-refractivity contribution in [1.82, 2.24) is 0 Å². The van der Waals surface area contributed by atoms with Crippen LogP contribution in [0.25, 0.3) is 0 Å². The minimum absolute atomic E-state index is 0.684. The molecule has 80 valence electrons. The Morgan fingerprint density at radius 3 is 3.00 bits per heavy atom. The number of aldehydes is 1. The lowest BCUT2D eigenvalue weighted by Gasteiger charge is -2.29. The highest BCUT2D eigenvalue weighted by molar-refractivity contribution is 5.72. The van der Waals surface area contributed by atoms with Gasteiger partial charge in [0.1, 0.15) is 6.29 Å².